The quantitative estimate of drug-likeness (QED) is 0.249. The predicted molar refractivity (Wildman–Crippen MR) is 59.0 cm³/mol. The van der Waals surface area contributed by atoms with Crippen LogP contribution >= 0.6 is 0 Å². The van der Waals surface area contributed by atoms with E-state index in [2.05, 4.69) is 13.2 Å². The minimum Gasteiger partial charge on any atom is -0.541 e. The fourth-order valence-corrected chi connectivity index (χ4v) is 0.568. The van der Waals surface area contributed by atoms with Crippen LogP contribution in [0.4, 0.5) is 0 Å². The van der Waals surface area contributed by atoms with Crippen molar-refractivity contribution in [2.24, 2.45) is 0 Å². The Bertz CT molecular complexity index is 301. The largest absolute Gasteiger partial charge is 1.00 e. The second kappa shape index (κ2) is 14.7. The Hall–Kier alpha value is -0.264. The molecule has 0 N–H and O–H groups in total. The Morgan fingerprint density at radius 1 is 1.12 bits per heavy atom. The number of carboxylic acids is 1. The number of ketones is 1. The molecule has 0 rings (SSSR count). The van der Waals surface area contributed by atoms with Gasteiger partial charge in [-0.1, -0.05) is 51.3 Å². The second-order valence-electron chi connectivity index (χ2n) is 2.09. The van der Waals surface area contributed by atoms with Gasteiger partial charge in [0.15, 0.2) is 0 Å². The maximum atomic E-state index is 10.5. The van der Waals surface area contributed by atoms with E-state index in [0.717, 1.165) is 6.08 Å². The Morgan fingerprint density at radius 3 is 1.94 bits per heavy atom. The fraction of sp³-hybridized carbons (Fsp3) is 0.167. The Kier molecular flexibility index (Phi) is 19.4. The molecule has 82 valence electrons. The molecule has 0 aliphatic heterocycles. The SMILES string of the molecule is C=C/C=C(C=C)/C=C/C(=O)C(=O)[O-].CC.[K+]. The number of aliphatic carboxylic acids is 1. The molecule has 0 aromatic heterocycles. The van der Waals surface area contributed by atoms with Crippen molar-refractivity contribution in [2.75, 3.05) is 0 Å². The first-order valence-electron chi connectivity index (χ1n) is 4.50. The molecular weight excluding hydrogens is 231 g/mol. The van der Waals surface area contributed by atoms with E-state index in [1.54, 1.807) is 6.08 Å². The molecular formula is C12H15KO3. The van der Waals surface area contributed by atoms with Crippen LogP contribution in [0.25, 0.3) is 0 Å². The molecule has 4 heteroatoms. The van der Waals surface area contributed by atoms with Gasteiger partial charge in [0.2, 0.25) is 5.78 Å². The van der Waals surface area contributed by atoms with Crippen LogP contribution in [0, 0.1) is 0 Å². The molecule has 0 saturated heterocycles. The number of hydrogen-bond donors (Lipinski definition) is 0. The molecule has 0 aromatic rings. The topological polar surface area (TPSA) is 57.2 Å². The number of rotatable bonds is 5. The van der Waals surface area contributed by atoms with Gasteiger partial charge in [-0.05, 0) is 11.6 Å². The molecule has 0 aromatic carbocycles. The molecule has 0 spiro atoms. The van der Waals surface area contributed by atoms with E-state index in [4.69, 9.17) is 0 Å². The third-order valence-electron chi connectivity index (χ3n) is 1.17. The number of carbonyl (C=O) groups is 2. The van der Waals surface area contributed by atoms with Crippen molar-refractivity contribution < 1.29 is 66.1 Å². The van der Waals surface area contributed by atoms with Crippen molar-refractivity contribution in [3.8, 4) is 0 Å². The first kappa shape index (κ1) is 21.1. The van der Waals surface area contributed by atoms with Crippen molar-refractivity contribution in [2.45, 2.75) is 13.8 Å². The van der Waals surface area contributed by atoms with Crippen LogP contribution in [0.3, 0.4) is 0 Å². The van der Waals surface area contributed by atoms with E-state index in [-0.39, 0.29) is 51.4 Å². The standard InChI is InChI=1S/C10H10O3.C2H6.K/c1-3-5-8(4-2)6-7-9(11)10(12)13;1-2;/h3-7H,1-2H2,(H,12,13);1-2H3;/q;;+1/p-1/b7-6+,8-5+;;. The van der Waals surface area contributed by atoms with E-state index >= 15 is 0 Å². The number of hydrogen-bond acceptors (Lipinski definition) is 3. The van der Waals surface area contributed by atoms with Crippen LogP contribution in [0.1, 0.15) is 13.8 Å². The third kappa shape index (κ3) is 11.8. The monoisotopic (exact) mass is 246 g/mol. The molecule has 16 heavy (non-hydrogen) atoms. The van der Waals surface area contributed by atoms with Gasteiger partial charge in [0.05, 0.1) is 0 Å². The van der Waals surface area contributed by atoms with Crippen molar-refractivity contribution in [1.82, 2.24) is 0 Å². The Morgan fingerprint density at radius 2 is 1.62 bits per heavy atom. The van der Waals surface area contributed by atoms with Gasteiger partial charge in [-0.3, -0.25) is 4.79 Å². The van der Waals surface area contributed by atoms with E-state index in [1.807, 2.05) is 13.8 Å². The van der Waals surface area contributed by atoms with Gasteiger partial charge >= 0.3 is 51.4 Å². The smallest absolute Gasteiger partial charge is 0.541 e. The second-order valence-corrected chi connectivity index (χ2v) is 2.09. The summed E-state index contributed by atoms with van der Waals surface area (Å²) in [5.74, 6) is -2.80. The van der Waals surface area contributed by atoms with Gasteiger partial charge in [0, 0.05) is 0 Å². The summed E-state index contributed by atoms with van der Waals surface area (Å²) in [6.07, 6.45) is 6.80. The minimum atomic E-state index is -1.72. The van der Waals surface area contributed by atoms with Crippen molar-refractivity contribution >= 4 is 11.8 Å². The Balaban J connectivity index is -0.000000529. The van der Waals surface area contributed by atoms with E-state index < -0.39 is 11.8 Å². The maximum absolute atomic E-state index is 10.5. The van der Waals surface area contributed by atoms with E-state index in [9.17, 15) is 14.7 Å². The summed E-state index contributed by atoms with van der Waals surface area (Å²) in [6.45, 7) is 10.9. The van der Waals surface area contributed by atoms with Gasteiger partial charge in [-0.25, -0.2) is 0 Å². The number of allylic oxidation sites excluding steroid dienone is 5. The zero-order valence-corrected chi connectivity index (χ0v) is 13.1. The third-order valence-corrected chi connectivity index (χ3v) is 1.17. The van der Waals surface area contributed by atoms with E-state index in [1.165, 1.54) is 18.2 Å². The van der Waals surface area contributed by atoms with Gasteiger partial charge in [0.25, 0.3) is 0 Å². The van der Waals surface area contributed by atoms with Crippen LogP contribution in [0.15, 0.2) is 49.1 Å². The summed E-state index contributed by atoms with van der Waals surface area (Å²) in [6, 6.07) is 0. The Labute approximate surface area is 139 Å². The normalized spacial score (nSPS) is 9.50. The zero-order valence-electron chi connectivity index (χ0n) is 10.0. The average molecular weight is 246 g/mol. The van der Waals surface area contributed by atoms with Crippen LogP contribution in [-0.4, -0.2) is 11.8 Å². The maximum Gasteiger partial charge on any atom is 1.00 e. The van der Waals surface area contributed by atoms with Crippen LogP contribution in [0.2, 0.25) is 0 Å². The minimum absolute atomic E-state index is 0. The first-order chi connectivity index (χ1) is 7.11. The summed E-state index contributed by atoms with van der Waals surface area (Å²) in [7, 11) is 0. The van der Waals surface area contributed by atoms with Crippen LogP contribution < -0.4 is 56.5 Å². The van der Waals surface area contributed by atoms with Crippen molar-refractivity contribution in [3.63, 3.8) is 0 Å². The molecule has 0 fully saturated rings. The van der Waals surface area contributed by atoms with Crippen molar-refractivity contribution in [3.05, 3.63) is 49.1 Å². The molecule has 0 radical (unpaired) electrons. The molecule has 0 atom stereocenters. The fourth-order valence-electron chi connectivity index (χ4n) is 0.568. The molecule has 0 bridgehead atoms. The summed E-state index contributed by atoms with van der Waals surface area (Å²) in [5.41, 5.74) is 0.601. The molecule has 0 saturated carbocycles. The zero-order chi connectivity index (χ0) is 12.3. The van der Waals surface area contributed by atoms with Crippen LogP contribution in [0.5, 0.6) is 0 Å². The predicted octanol–water partition coefficient (Wildman–Crippen LogP) is -1.81. The molecule has 3 nitrogen and oxygen atoms in total. The summed E-state index contributed by atoms with van der Waals surface area (Å²) >= 11 is 0. The van der Waals surface area contributed by atoms with Gasteiger partial charge in [-0.15, -0.1) is 0 Å². The summed E-state index contributed by atoms with van der Waals surface area (Å²) in [4.78, 5) is 20.5. The van der Waals surface area contributed by atoms with Gasteiger partial charge in [-0.2, -0.15) is 0 Å². The van der Waals surface area contributed by atoms with Crippen LogP contribution in [-0.2, 0) is 9.59 Å². The summed E-state index contributed by atoms with van der Waals surface area (Å²) in [5, 5.41) is 9.98. The number of carbonyl (C=O) groups excluding carboxylic acids is 2. The molecule has 0 amide bonds. The van der Waals surface area contributed by atoms with Crippen molar-refractivity contribution in [1.29, 1.82) is 0 Å². The van der Waals surface area contributed by atoms with E-state index in [0.29, 0.717) is 5.57 Å². The van der Waals surface area contributed by atoms with Gasteiger partial charge in [0.1, 0.15) is 5.97 Å². The van der Waals surface area contributed by atoms with Gasteiger partial charge < -0.3 is 9.90 Å². The first-order valence-corrected chi connectivity index (χ1v) is 4.50. The summed E-state index contributed by atoms with van der Waals surface area (Å²) < 4.78 is 0. The average Bonchev–Trinajstić information content (AvgIpc) is 2.26. The molecule has 0 unspecified atom stereocenters. The number of carboxylic acid groups (broad SMARTS) is 1. The molecule has 0 aliphatic carbocycles. The molecule has 0 aliphatic rings. The molecule has 0 heterocycles.